The number of ether oxygens (including phenoxy) is 5. The van der Waals surface area contributed by atoms with Crippen molar-refractivity contribution in [3.8, 4) is 0 Å². The number of rotatable bonds is 6. The van der Waals surface area contributed by atoms with E-state index < -0.39 is 77.8 Å². The Hall–Kier alpha value is -3.57. The van der Waals surface area contributed by atoms with Gasteiger partial charge in [-0.15, -0.1) is 0 Å². The number of esters is 1. The average Bonchev–Trinajstić information content (AvgIpc) is 3.30. The first kappa shape index (κ1) is 55.0. The van der Waals surface area contributed by atoms with E-state index in [-0.39, 0.29) is 60.8 Å². The molecule has 3 fully saturated rings. The molecule has 0 unspecified atom stereocenters. The summed E-state index contributed by atoms with van der Waals surface area (Å²) < 4.78 is 29.7. The highest BCUT2D eigenvalue weighted by Crippen LogP contribution is 2.38. The van der Waals surface area contributed by atoms with Crippen molar-refractivity contribution >= 4 is 29.2 Å². The largest absolute Gasteiger partial charge is 0.460 e. The molecule has 1 saturated carbocycles. The fourth-order valence-electron chi connectivity index (χ4n) is 10.3. The number of Topliss-reactive ketones (excluding diaryl/α,β-unsaturated/α-hetero) is 2. The van der Waals surface area contributed by atoms with Gasteiger partial charge in [0.1, 0.15) is 24.4 Å². The topological polar surface area (TPSA) is 217 Å². The molecule has 3 heterocycles. The number of nitrogens with zero attached hydrogens (tertiary/aromatic N) is 2. The van der Waals surface area contributed by atoms with Crippen LogP contribution in [0.3, 0.4) is 0 Å². The lowest BCUT2D eigenvalue weighted by atomic mass is 9.78. The van der Waals surface area contributed by atoms with Crippen LogP contribution in [-0.4, -0.2) is 132 Å². The molecule has 5 N–H and O–H groups in total. The van der Waals surface area contributed by atoms with Crippen molar-refractivity contribution in [2.45, 2.75) is 180 Å². The van der Waals surface area contributed by atoms with Crippen molar-refractivity contribution in [1.29, 1.82) is 0 Å². The quantitative estimate of drug-likeness (QED) is 0.0746. The Balaban J connectivity index is 1.73. The van der Waals surface area contributed by atoms with Gasteiger partial charge in [-0.2, -0.15) is 0 Å². The number of carbonyl (C=O) groups is 4. The minimum Gasteiger partial charge on any atom is -0.460 e. The van der Waals surface area contributed by atoms with Crippen molar-refractivity contribution in [1.82, 2.24) is 4.90 Å². The maximum Gasteiger partial charge on any atom is 0.329 e. The number of nitrogens with two attached hydrogens (primary N) is 1. The van der Waals surface area contributed by atoms with E-state index in [1.54, 1.807) is 41.1 Å². The number of amides is 1. The van der Waals surface area contributed by atoms with Crippen LogP contribution in [-0.2, 0) is 42.9 Å². The predicted octanol–water partition coefficient (Wildman–Crippen LogP) is 6.41. The summed E-state index contributed by atoms with van der Waals surface area (Å²) in [4.78, 5) is 58.0. The maximum atomic E-state index is 14.5. The van der Waals surface area contributed by atoms with Crippen LogP contribution < -0.4 is 5.73 Å². The number of ketones is 2. The van der Waals surface area contributed by atoms with E-state index in [0.717, 1.165) is 24.8 Å². The molecule has 4 aliphatic rings. The fraction of sp³-hybridized carbons (Fsp3) is 0.745. The summed E-state index contributed by atoms with van der Waals surface area (Å²) in [6, 6.07) is -1.20. The second kappa shape index (κ2) is 25.7. The fourth-order valence-corrected chi connectivity index (χ4v) is 10.3. The highest BCUT2D eigenvalue weighted by molar-refractivity contribution is 6.39. The Labute approximate surface area is 393 Å². The summed E-state index contributed by atoms with van der Waals surface area (Å²) in [6.45, 7) is 13.0. The molecule has 2 saturated heterocycles. The lowest BCUT2D eigenvalue weighted by molar-refractivity contribution is -0.265. The standard InChI is InChI=1S/C51H81N3O12/c1-30-16-12-11-13-17-31(2)42(62-8)28-38-21-19-36(7)51(60,66-38)48(57)49(58)54-23-15-14-18-41(54)50(59)65-43(33(4)26-37-20-22-39(52)44(27-37)63-9)29-40(53-61)32(3)25-35(6)46(56)47(64-10)45(55)34(5)24-30/h11-13,16-17,25,30,32-34,36-39,41-44,46-47,56,60-61H,14-15,18-24,26-29,52H2,1-10H3/b13-11+,16-12+,31-17+,35-25+,53-40-/t30-,32-,33-,34-,36-,37+,38+,39+,41+,42+,43+,44-,46-,47+,51-/m1/s1. The summed E-state index contributed by atoms with van der Waals surface area (Å²) >= 11 is 0. The van der Waals surface area contributed by atoms with Crippen molar-refractivity contribution < 1.29 is 58.3 Å². The lowest BCUT2D eigenvalue weighted by Crippen LogP contribution is -2.61. The van der Waals surface area contributed by atoms with Crippen LogP contribution in [0, 0.1) is 35.5 Å². The zero-order valence-electron chi connectivity index (χ0n) is 41.2. The van der Waals surface area contributed by atoms with Gasteiger partial charge < -0.3 is 49.7 Å². The van der Waals surface area contributed by atoms with Crippen molar-refractivity contribution in [3.05, 3.63) is 47.6 Å². The Kier molecular flexibility index (Phi) is 21.4. The van der Waals surface area contributed by atoms with Crippen LogP contribution in [0.15, 0.2) is 52.8 Å². The molecular formula is C51H81N3O12. The molecule has 15 heteroatoms. The Morgan fingerprint density at radius 3 is 2.30 bits per heavy atom. The van der Waals surface area contributed by atoms with Gasteiger partial charge in [0.25, 0.3) is 11.7 Å². The highest BCUT2D eigenvalue weighted by atomic mass is 16.6. The minimum absolute atomic E-state index is 0.0118. The molecule has 66 heavy (non-hydrogen) atoms. The monoisotopic (exact) mass is 928 g/mol. The number of methoxy groups -OCH3 is 3. The third kappa shape index (κ3) is 14.2. The molecule has 1 aliphatic carbocycles. The summed E-state index contributed by atoms with van der Waals surface area (Å²) in [5.41, 5.74) is 7.94. The number of cyclic esters (lactones) is 1. The van der Waals surface area contributed by atoms with E-state index in [0.29, 0.717) is 50.5 Å². The second-order valence-corrected chi connectivity index (χ2v) is 19.8. The Bertz CT molecular complexity index is 1790. The number of aliphatic hydroxyl groups excluding tert-OH is 1. The molecule has 3 aliphatic heterocycles. The van der Waals surface area contributed by atoms with Gasteiger partial charge in [0, 0.05) is 64.5 Å². The molecule has 2 bridgehead atoms. The van der Waals surface area contributed by atoms with Gasteiger partial charge in [0.05, 0.1) is 24.0 Å². The first-order valence-corrected chi connectivity index (χ1v) is 24.2. The number of allylic oxidation sites excluding steroid dienone is 6. The third-order valence-corrected chi connectivity index (χ3v) is 14.7. The molecule has 0 aromatic carbocycles. The number of carbonyl (C=O) groups excluding carboxylic acids is 4. The van der Waals surface area contributed by atoms with Crippen LogP contribution in [0.25, 0.3) is 0 Å². The maximum absolute atomic E-state index is 14.5. The van der Waals surface area contributed by atoms with Crippen molar-refractivity contribution in [2.24, 2.45) is 46.4 Å². The zero-order valence-corrected chi connectivity index (χ0v) is 41.2. The number of hydrogen-bond acceptors (Lipinski definition) is 14. The SMILES string of the molecule is CO[C@H]1C[C@@H]2CC[C@@H](C)[C@@](O)(O2)C(=O)C(=O)N2CCCC[C@H]2C(=O)O[C@H]([C@H](C)C[C@@H]2CC[C@H](N)[C@H](OC)C2)C/C(=N/O)[C@H](C)/C=C(\C)[C@@H](O)[C@@H](OC)C(=O)[C@H](C)C[C@H](C)/C=C/C=C/C=C/1C. The van der Waals surface area contributed by atoms with E-state index in [1.165, 1.54) is 12.0 Å². The third-order valence-electron chi connectivity index (χ3n) is 14.7. The van der Waals surface area contributed by atoms with Crippen molar-refractivity contribution in [2.75, 3.05) is 27.9 Å². The number of hydrogen-bond donors (Lipinski definition) is 4. The van der Waals surface area contributed by atoms with E-state index in [2.05, 4.69) is 5.16 Å². The van der Waals surface area contributed by atoms with Gasteiger partial charge in [0.15, 0.2) is 5.78 Å². The Morgan fingerprint density at radius 1 is 0.909 bits per heavy atom. The molecule has 372 valence electrons. The molecule has 4 rings (SSSR count). The van der Waals surface area contributed by atoms with Gasteiger partial charge >= 0.3 is 5.97 Å². The summed E-state index contributed by atoms with van der Waals surface area (Å²) in [7, 11) is 4.63. The van der Waals surface area contributed by atoms with Crippen LogP contribution in [0.4, 0.5) is 0 Å². The van der Waals surface area contributed by atoms with Crippen LogP contribution in [0.5, 0.6) is 0 Å². The number of aliphatic hydroxyl groups is 2. The summed E-state index contributed by atoms with van der Waals surface area (Å²) in [5, 5.41) is 37.7. The van der Waals surface area contributed by atoms with Gasteiger partial charge in [-0.1, -0.05) is 76.2 Å². The zero-order chi connectivity index (χ0) is 48.9. The summed E-state index contributed by atoms with van der Waals surface area (Å²) in [5.74, 6) is -7.24. The molecule has 15 atom stereocenters. The molecule has 0 spiro atoms. The second-order valence-electron chi connectivity index (χ2n) is 19.8. The van der Waals surface area contributed by atoms with Gasteiger partial charge in [-0.05, 0) is 107 Å². The van der Waals surface area contributed by atoms with E-state index >= 15 is 0 Å². The van der Waals surface area contributed by atoms with Crippen LogP contribution in [0.2, 0.25) is 0 Å². The molecular weight excluding hydrogens is 847 g/mol. The number of piperidine rings is 1. The first-order chi connectivity index (χ1) is 31.3. The molecule has 0 aromatic rings. The predicted molar refractivity (Wildman–Crippen MR) is 251 cm³/mol. The van der Waals surface area contributed by atoms with E-state index in [4.69, 9.17) is 29.4 Å². The smallest absolute Gasteiger partial charge is 0.329 e. The van der Waals surface area contributed by atoms with Crippen molar-refractivity contribution in [3.63, 3.8) is 0 Å². The highest BCUT2D eigenvalue weighted by Gasteiger charge is 2.53. The van der Waals surface area contributed by atoms with E-state index in [1.807, 2.05) is 58.1 Å². The van der Waals surface area contributed by atoms with Gasteiger partial charge in [0.2, 0.25) is 5.79 Å². The first-order valence-electron chi connectivity index (χ1n) is 24.2. The van der Waals surface area contributed by atoms with Gasteiger partial charge in [-0.25, -0.2) is 4.79 Å². The normalized spacial score (nSPS) is 40.6. The minimum atomic E-state index is -2.42. The molecule has 1 amide bonds. The van der Waals surface area contributed by atoms with Crippen LogP contribution in [0.1, 0.15) is 126 Å². The average molecular weight is 928 g/mol. The molecule has 0 radical (unpaired) electrons. The lowest BCUT2D eigenvalue weighted by Gasteiger charge is -2.42. The summed E-state index contributed by atoms with van der Waals surface area (Å²) in [6.07, 6.45) is 13.1. The number of fused-ring (bicyclic) bond motifs is 3. The number of oxime groups is 1. The van der Waals surface area contributed by atoms with Gasteiger partial charge in [-0.3, -0.25) is 14.4 Å². The molecule has 0 aromatic heterocycles. The van der Waals surface area contributed by atoms with Crippen LogP contribution >= 0.6 is 0 Å². The molecule has 15 nitrogen and oxygen atoms in total. The Morgan fingerprint density at radius 2 is 1.64 bits per heavy atom. The van der Waals surface area contributed by atoms with E-state index in [9.17, 15) is 34.6 Å².